The van der Waals surface area contributed by atoms with E-state index in [1.54, 1.807) is 11.5 Å². The molecule has 1 aliphatic heterocycles. The second-order valence-electron chi connectivity index (χ2n) is 4.56. The number of hydrogen-bond donors (Lipinski definition) is 1. The van der Waals surface area contributed by atoms with Crippen molar-refractivity contribution in [3.63, 3.8) is 0 Å². The van der Waals surface area contributed by atoms with Gasteiger partial charge in [-0.2, -0.15) is 4.37 Å². The van der Waals surface area contributed by atoms with E-state index in [2.05, 4.69) is 27.9 Å². The third kappa shape index (κ3) is 1.97. The van der Waals surface area contributed by atoms with Crippen LogP contribution >= 0.6 is 11.5 Å². The van der Waals surface area contributed by atoms with E-state index in [0.29, 0.717) is 0 Å². The van der Waals surface area contributed by atoms with Gasteiger partial charge in [-0.1, -0.05) is 18.2 Å². The third-order valence-electron chi connectivity index (χ3n) is 3.43. The van der Waals surface area contributed by atoms with Crippen molar-refractivity contribution < 1.29 is 0 Å². The summed E-state index contributed by atoms with van der Waals surface area (Å²) in [5, 5.41) is 4.73. The summed E-state index contributed by atoms with van der Waals surface area (Å²) in [6, 6.07) is 6.58. The van der Waals surface area contributed by atoms with Gasteiger partial charge in [-0.05, 0) is 55.4 Å². The highest BCUT2D eigenvalue weighted by Crippen LogP contribution is 2.26. The number of fused-ring (bicyclic) bond motifs is 1. The zero-order valence-corrected chi connectivity index (χ0v) is 10.1. The molecule has 2 heterocycles. The maximum Gasteiger partial charge on any atom is 0.0582 e. The Hall–Kier alpha value is -0.930. The topological polar surface area (TPSA) is 24.9 Å². The van der Waals surface area contributed by atoms with E-state index in [9.17, 15) is 0 Å². The van der Waals surface area contributed by atoms with Crippen molar-refractivity contribution in [2.45, 2.75) is 19.3 Å². The van der Waals surface area contributed by atoms with Crippen molar-refractivity contribution in [3.8, 4) is 0 Å². The van der Waals surface area contributed by atoms with Crippen LogP contribution < -0.4 is 5.32 Å². The van der Waals surface area contributed by atoms with Gasteiger partial charge >= 0.3 is 0 Å². The fourth-order valence-corrected chi connectivity index (χ4v) is 3.28. The number of hydrogen-bond acceptors (Lipinski definition) is 3. The Bertz CT molecular complexity index is 471. The Morgan fingerprint density at radius 1 is 1.31 bits per heavy atom. The van der Waals surface area contributed by atoms with Crippen LogP contribution in [0.2, 0.25) is 0 Å². The molecule has 2 nitrogen and oxygen atoms in total. The molecule has 0 saturated carbocycles. The summed E-state index contributed by atoms with van der Waals surface area (Å²) in [6.45, 7) is 2.37. The van der Waals surface area contributed by atoms with Gasteiger partial charge in [0.2, 0.25) is 0 Å². The highest BCUT2D eigenvalue weighted by Gasteiger charge is 2.15. The molecule has 16 heavy (non-hydrogen) atoms. The maximum atomic E-state index is 4.28. The Morgan fingerprint density at radius 2 is 2.19 bits per heavy atom. The molecule has 1 aromatic carbocycles. The molecule has 84 valence electrons. The van der Waals surface area contributed by atoms with Gasteiger partial charge in [-0.3, -0.25) is 0 Å². The molecule has 0 aliphatic carbocycles. The number of nitrogens with one attached hydrogen (secondary N) is 1. The van der Waals surface area contributed by atoms with Gasteiger partial charge in [-0.15, -0.1) is 0 Å². The predicted octanol–water partition coefficient (Wildman–Crippen LogP) is 2.84. The summed E-state index contributed by atoms with van der Waals surface area (Å²) in [6.07, 6.45) is 5.83. The number of piperidine rings is 1. The molecule has 1 fully saturated rings. The van der Waals surface area contributed by atoms with Gasteiger partial charge in [0.05, 0.1) is 4.70 Å². The first kappa shape index (κ1) is 10.2. The van der Waals surface area contributed by atoms with Crippen molar-refractivity contribution in [1.29, 1.82) is 0 Å². The summed E-state index contributed by atoms with van der Waals surface area (Å²) in [7, 11) is 0. The third-order valence-corrected chi connectivity index (χ3v) is 4.32. The van der Waals surface area contributed by atoms with Crippen molar-refractivity contribution in [2.24, 2.45) is 5.92 Å². The fraction of sp³-hybridized carbons (Fsp3) is 0.462. The van der Waals surface area contributed by atoms with Crippen LogP contribution in [0.3, 0.4) is 0 Å². The van der Waals surface area contributed by atoms with Crippen LogP contribution in [0.25, 0.3) is 10.1 Å². The Morgan fingerprint density at radius 3 is 3.06 bits per heavy atom. The molecule has 3 rings (SSSR count). The SMILES string of the molecule is c1cc(CC2CCNCC2)c2sncc2c1. The Balaban J connectivity index is 1.85. The quantitative estimate of drug-likeness (QED) is 0.861. The smallest absolute Gasteiger partial charge is 0.0582 e. The van der Waals surface area contributed by atoms with Gasteiger partial charge in [-0.25, -0.2) is 0 Å². The molecular formula is C13H16N2S. The van der Waals surface area contributed by atoms with E-state index in [1.165, 1.54) is 48.0 Å². The van der Waals surface area contributed by atoms with Gasteiger partial charge < -0.3 is 5.32 Å². The van der Waals surface area contributed by atoms with Gasteiger partial charge in [0.15, 0.2) is 0 Å². The molecule has 0 atom stereocenters. The van der Waals surface area contributed by atoms with Crippen LogP contribution in [0, 0.1) is 5.92 Å². The standard InChI is InChI=1S/C13H16N2S/c1-2-11(8-10-4-6-14-7-5-10)13-12(3-1)9-15-16-13/h1-3,9-10,14H,4-8H2. The van der Waals surface area contributed by atoms with Crippen LogP contribution in [0.1, 0.15) is 18.4 Å². The predicted molar refractivity (Wildman–Crippen MR) is 68.9 cm³/mol. The first-order chi connectivity index (χ1) is 7.93. The average molecular weight is 232 g/mol. The molecule has 1 aromatic heterocycles. The summed E-state index contributed by atoms with van der Waals surface area (Å²) in [4.78, 5) is 0. The molecule has 0 radical (unpaired) electrons. The lowest BCUT2D eigenvalue weighted by Crippen LogP contribution is -2.28. The first-order valence-corrected chi connectivity index (χ1v) is 6.74. The Kier molecular flexibility index (Phi) is 2.89. The lowest BCUT2D eigenvalue weighted by atomic mass is 9.91. The number of nitrogens with zero attached hydrogens (tertiary/aromatic N) is 1. The normalized spacial score (nSPS) is 18.0. The number of aromatic nitrogens is 1. The minimum Gasteiger partial charge on any atom is -0.317 e. The fourth-order valence-electron chi connectivity index (χ4n) is 2.51. The molecule has 0 unspecified atom stereocenters. The van der Waals surface area contributed by atoms with E-state index >= 15 is 0 Å². The molecule has 1 aliphatic rings. The molecule has 1 saturated heterocycles. The van der Waals surface area contributed by atoms with Crippen LogP contribution in [0.15, 0.2) is 24.4 Å². The van der Waals surface area contributed by atoms with Crippen molar-refractivity contribution in [3.05, 3.63) is 30.0 Å². The van der Waals surface area contributed by atoms with E-state index in [-0.39, 0.29) is 0 Å². The van der Waals surface area contributed by atoms with Crippen LogP contribution in [0.5, 0.6) is 0 Å². The van der Waals surface area contributed by atoms with Gasteiger partial charge in [0.1, 0.15) is 0 Å². The van der Waals surface area contributed by atoms with E-state index in [0.717, 1.165) is 5.92 Å². The molecule has 2 aromatic rings. The van der Waals surface area contributed by atoms with Crippen LogP contribution in [-0.2, 0) is 6.42 Å². The maximum absolute atomic E-state index is 4.28. The molecule has 1 N–H and O–H groups in total. The summed E-state index contributed by atoms with van der Waals surface area (Å²) < 4.78 is 5.67. The molecule has 0 bridgehead atoms. The zero-order valence-electron chi connectivity index (χ0n) is 9.28. The number of rotatable bonds is 2. The lowest BCUT2D eigenvalue weighted by Gasteiger charge is -2.22. The summed E-state index contributed by atoms with van der Waals surface area (Å²) in [5.74, 6) is 0.856. The van der Waals surface area contributed by atoms with Gasteiger partial charge in [0, 0.05) is 11.6 Å². The molecule has 3 heteroatoms. The lowest BCUT2D eigenvalue weighted by molar-refractivity contribution is 0.373. The van der Waals surface area contributed by atoms with Crippen molar-refractivity contribution in [1.82, 2.24) is 9.69 Å². The van der Waals surface area contributed by atoms with E-state index in [1.807, 2.05) is 6.20 Å². The van der Waals surface area contributed by atoms with Crippen LogP contribution in [-0.4, -0.2) is 17.5 Å². The van der Waals surface area contributed by atoms with E-state index < -0.39 is 0 Å². The first-order valence-electron chi connectivity index (χ1n) is 5.96. The second-order valence-corrected chi connectivity index (χ2v) is 5.36. The monoisotopic (exact) mass is 232 g/mol. The minimum atomic E-state index is 0.856. The summed E-state index contributed by atoms with van der Waals surface area (Å²) >= 11 is 1.64. The highest BCUT2D eigenvalue weighted by atomic mass is 32.1. The zero-order chi connectivity index (χ0) is 10.8. The van der Waals surface area contributed by atoms with Crippen molar-refractivity contribution >= 4 is 21.6 Å². The summed E-state index contributed by atoms with van der Waals surface area (Å²) in [5.41, 5.74) is 1.49. The number of benzene rings is 1. The minimum absolute atomic E-state index is 0.856. The molecular weight excluding hydrogens is 216 g/mol. The Labute approximate surface area is 99.8 Å². The molecule has 0 amide bonds. The van der Waals surface area contributed by atoms with Crippen molar-refractivity contribution in [2.75, 3.05) is 13.1 Å². The molecule has 0 spiro atoms. The van der Waals surface area contributed by atoms with Crippen LogP contribution in [0.4, 0.5) is 0 Å². The average Bonchev–Trinajstić information content (AvgIpc) is 2.80. The second kappa shape index (κ2) is 4.52. The highest BCUT2D eigenvalue weighted by molar-refractivity contribution is 7.13. The van der Waals surface area contributed by atoms with Gasteiger partial charge in [0.25, 0.3) is 0 Å². The largest absolute Gasteiger partial charge is 0.317 e. The van der Waals surface area contributed by atoms with E-state index in [4.69, 9.17) is 0 Å².